The van der Waals surface area contributed by atoms with Crippen molar-refractivity contribution < 1.29 is 4.79 Å². The molecule has 2 aromatic rings. The van der Waals surface area contributed by atoms with Crippen LogP contribution >= 0.6 is 23.1 Å². The van der Waals surface area contributed by atoms with E-state index in [1.807, 2.05) is 19.1 Å². The molecule has 0 saturated carbocycles. The molecular weight excluding hydrogens is 390 g/mol. The number of nitrogens with one attached hydrogen (secondary N) is 2. The molecule has 1 saturated heterocycles. The van der Waals surface area contributed by atoms with Crippen molar-refractivity contribution in [2.24, 2.45) is 0 Å². The van der Waals surface area contributed by atoms with Crippen molar-refractivity contribution in [2.45, 2.75) is 62.1 Å². The molecule has 2 N–H and O–H groups in total. The molecule has 1 fully saturated rings. The van der Waals surface area contributed by atoms with Gasteiger partial charge < -0.3 is 15.5 Å². The number of aromatic nitrogens is 2. The minimum absolute atomic E-state index is 0.0256. The molecule has 0 radical (unpaired) electrons. The van der Waals surface area contributed by atoms with E-state index < -0.39 is 0 Å². The van der Waals surface area contributed by atoms with Crippen molar-refractivity contribution in [1.82, 2.24) is 10.2 Å². The highest BCUT2D eigenvalue weighted by Crippen LogP contribution is 2.30. The Hall–Kier alpha value is -1.80. The van der Waals surface area contributed by atoms with Crippen LogP contribution in [0.3, 0.4) is 0 Å². The largest absolute Gasteiger partial charge is 0.372 e. The average molecular weight is 420 g/mol. The zero-order valence-electron chi connectivity index (χ0n) is 16.8. The van der Waals surface area contributed by atoms with Crippen LogP contribution in [0.2, 0.25) is 0 Å². The van der Waals surface area contributed by atoms with Gasteiger partial charge in [-0.25, -0.2) is 0 Å². The number of carbonyl (C=O) groups excluding carboxylic acids is 1. The number of piperidine rings is 1. The molecule has 8 heteroatoms. The lowest BCUT2D eigenvalue weighted by Crippen LogP contribution is -2.29. The van der Waals surface area contributed by atoms with E-state index in [9.17, 15) is 4.79 Å². The van der Waals surface area contributed by atoms with Crippen LogP contribution in [-0.2, 0) is 4.79 Å². The lowest BCUT2D eigenvalue weighted by Gasteiger charge is -2.28. The molecule has 0 aliphatic carbocycles. The number of amides is 1. The van der Waals surface area contributed by atoms with Crippen molar-refractivity contribution in [3.05, 3.63) is 24.3 Å². The molecular formula is C20H29N5OS2. The summed E-state index contributed by atoms with van der Waals surface area (Å²) in [5.74, 6) is -0.0256. The van der Waals surface area contributed by atoms with Gasteiger partial charge in [0.15, 0.2) is 4.34 Å². The van der Waals surface area contributed by atoms with E-state index in [4.69, 9.17) is 0 Å². The predicted molar refractivity (Wildman–Crippen MR) is 120 cm³/mol. The van der Waals surface area contributed by atoms with E-state index in [2.05, 4.69) is 51.7 Å². The van der Waals surface area contributed by atoms with Gasteiger partial charge in [0.1, 0.15) is 0 Å². The Labute approximate surface area is 175 Å². The quantitative estimate of drug-likeness (QED) is 0.596. The Bertz CT molecular complexity index is 758. The molecule has 1 amide bonds. The maximum atomic E-state index is 12.5. The predicted octanol–water partition coefficient (Wildman–Crippen LogP) is 4.86. The Balaban J connectivity index is 1.51. The molecule has 152 valence electrons. The maximum Gasteiger partial charge on any atom is 0.237 e. The number of rotatable bonds is 8. The molecule has 1 aliphatic rings. The second-order valence-electron chi connectivity index (χ2n) is 7.17. The highest BCUT2D eigenvalue weighted by molar-refractivity contribution is 8.02. The van der Waals surface area contributed by atoms with Gasteiger partial charge in [-0.15, -0.1) is 10.2 Å². The Morgan fingerprint density at radius 2 is 1.89 bits per heavy atom. The number of nitrogens with zero attached hydrogens (tertiary/aromatic N) is 3. The molecule has 0 bridgehead atoms. The first kappa shape index (κ1) is 20.9. The van der Waals surface area contributed by atoms with Gasteiger partial charge in [0.05, 0.1) is 5.25 Å². The number of carbonyl (C=O) groups is 1. The smallest absolute Gasteiger partial charge is 0.237 e. The van der Waals surface area contributed by atoms with Gasteiger partial charge in [-0.3, -0.25) is 4.79 Å². The number of thioether (sulfide) groups is 1. The van der Waals surface area contributed by atoms with Crippen molar-refractivity contribution in [3.63, 3.8) is 0 Å². The van der Waals surface area contributed by atoms with E-state index in [-0.39, 0.29) is 11.2 Å². The van der Waals surface area contributed by atoms with Crippen LogP contribution in [0, 0.1) is 0 Å². The van der Waals surface area contributed by atoms with Crippen LogP contribution in [0.4, 0.5) is 16.5 Å². The molecule has 2 heterocycles. The second kappa shape index (κ2) is 10.1. The van der Waals surface area contributed by atoms with Crippen LogP contribution in [-0.4, -0.2) is 40.5 Å². The lowest BCUT2D eigenvalue weighted by atomic mass is 10.1. The fourth-order valence-electron chi connectivity index (χ4n) is 2.98. The fraction of sp³-hybridized carbons (Fsp3) is 0.550. The van der Waals surface area contributed by atoms with Gasteiger partial charge in [-0.1, -0.05) is 30.0 Å². The normalized spacial score (nSPS) is 16.5. The first-order valence-corrected chi connectivity index (χ1v) is 11.7. The maximum absolute atomic E-state index is 12.5. The van der Waals surface area contributed by atoms with Gasteiger partial charge in [-0.2, -0.15) is 0 Å². The summed E-state index contributed by atoms with van der Waals surface area (Å²) in [5.41, 5.74) is 2.06. The van der Waals surface area contributed by atoms with E-state index in [1.54, 1.807) is 0 Å². The van der Waals surface area contributed by atoms with Crippen LogP contribution < -0.4 is 15.5 Å². The first-order valence-electron chi connectivity index (χ1n) is 9.97. The minimum Gasteiger partial charge on any atom is -0.372 e. The van der Waals surface area contributed by atoms with Gasteiger partial charge in [0, 0.05) is 30.5 Å². The van der Waals surface area contributed by atoms with E-state index in [1.165, 1.54) is 48.0 Å². The summed E-state index contributed by atoms with van der Waals surface area (Å²) in [4.78, 5) is 14.9. The molecule has 1 aromatic heterocycles. The van der Waals surface area contributed by atoms with Gasteiger partial charge in [-0.05, 0) is 63.8 Å². The number of hydrogen-bond donors (Lipinski definition) is 2. The summed E-state index contributed by atoms with van der Waals surface area (Å²) in [7, 11) is 0. The number of anilines is 3. The topological polar surface area (TPSA) is 70.1 Å². The Morgan fingerprint density at radius 1 is 1.18 bits per heavy atom. The summed E-state index contributed by atoms with van der Waals surface area (Å²) in [6, 6.07) is 8.52. The van der Waals surface area contributed by atoms with Crippen molar-refractivity contribution in [1.29, 1.82) is 0 Å². The summed E-state index contributed by atoms with van der Waals surface area (Å²) < 4.78 is 0.800. The summed E-state index contributed by atoms with van der Waals surface area (Å²) >= 11 is 2.93. The summed E-state index contributed by atoms with van der Waals surface area (Å²) in [6.07, 6.45) is 4.86. The molecule has 6 nitrogen and oxygen atoms in total. The molecule has 3 rings (SSSR count). The molecule has 0 spiro atoms. The van der Waals surface area contributed by atoms with Gasteiger partial charge in [0.25, 0.3) is 0 Å². The Kier molecular flexibility index (Phi) is 7.56. The van der Waals surface area contributed by atoms with Crippen LogP contribution in [0.5, 0.6) is 0 Å². The molecule has 1 aromatic carbocycles. The van der Waals surface area contributed by atoms with E-state index in [0.717, 1.165) is 34.7 Å². The van der Waals surface area contributed by atoms with E-state index in [0.29, 0.717) is 6.04 Å². The van der Waals surface area contributed by atoms with Crippen LogP contribution in [0.15, 0.2) is 28.6 Å². The fourth-order valence-corrected chi connectivity index (χ4v) is 4.99. The highest BCUT2D eigenvalue weighted by atomic mass is 32.2. The van der Waals surface area contributed by atoms with Crippen molar-refractivity contribution in [3.8, 4) is 0 Å². The standard InChI is InChI=1S/C20H29N5OS2/c1-4-14(2)21-19-23-24-20(28-19)27-15(3)18(26)22-16-8-10-17(11-9-16)25-12-6-5-7-13-25/h8-11,14-15H,4-7,12-13H2,1-3H3,(H,21,23)(H,22,26). The first-order chi connectivity index (χ1) is 13.5. The van der Waals surface area contributed by atoms with Crippen molar-refractivity contribution in [2.75, 3.05) is 28.6 Å². The van der Waals surface area contributed by atoms with Crippen LogP contribution in [0.1, 0.15) is 46.5 Å². The van der Waals surface area contributed by atoms with Crippen LogP contribution in [0.25, 0.3) is 0 Å². The summed E-state index contributed by atoms with van der Waals surface area (Å²) in [5, 5.41) is 15.2. The second-order valence-corrected chi connectivity index (χ2v) is 9.74. The van der Waals surface area contributed by atoms with Crippen molar-refractivity contribution >= 4 is 45.5 Å². The number of benzene rings is 1. The third-order valence-electron chi connectivity index (χ3n) is 4.89. The zero-order chi connectivity index (χ0) is 19.9. The monoisotopic (exact) mass is 419 g/mol. The van der Waals surface area contributed by atoms with Gasteiger partial charge >= 0.3 is 0 Å². The molecule has 1 aliphatic heterocycles. The average Bonchev–Trinajstić information content (AvgIpc) is 3.15. The third-order valence-corrected chi connectivity index (χ3v) is 6.93. The zero-order valence-corrected chi connectivity index (χ0v) is 18.4. The minimum atomic E-state index is -0.244. The Morgan fingerprint density at radius 3 is 2.57 bits per heavy atom. The molecule has 2 atom stereocenters. The highest BCUT2D eigenvalue weighted by Gasteiger charge is 2.18. The lowest BCUT2D eigenvalue weighted by molar-refractivity contribution is -0.115. The van der Waals surface area contributed by atoms with E-state index >= 15 is 0 Å². The molecule has 28 heavy (non-hydrogen) atoms. The SMILES string of the molecule is CCC(C)Nc1nnc(SC(C)C(=O)Nc2ccc(N3CCCCC3)cc2)s1. The number of hydrogen-bond acceptors (Lipinski definition) is 7. The van der Waals surface area contributed by atoms with Gasteiger partial charge in [0.2, 0.25) is 11.0 Å². The summed E-state index contributed by atoms with van der Waals surface area (Å²) in [6.45, 7) is 8.37. The third kappa shape index (κ3) is 5.85. The molecule has 2 unspecified atom stereocenters.